The van der Waals surface area contributed by atoms with Gasteiger partial charge in [0, 0.05) is 13.1 Å². The molecule has 0 fully saturated rings. The number of halogens is 1. The van der Waals surface area contributed by atoms with Crippen LogP contribution < -0.4 is 14.8 Å². The molecule has 2 aromatic rings. The molecular weight excluding hydrogens is 338 g/mol. The van der Waals surface area contributed by atoms with Crippen LogP contribution in [0.5, 0.6) is 11.5 Å². The number of nitrogens with one attached hydrogen (secondary N) is 1. The molecule has 25 heavy (non-hydrogen) atoms. The largest absolute Gasteiger partial charge is 0.490 e. The molecule has 0 heterocycles. The quantitative estimate of drug-likeness (QED) is 0.704. The molecule has 0 aliphatic heterocycles. The Morgan fingerprint density at radius 3 is 2.64 bits per heavy atom. The molecule has 0 aliphatic rings. The summed E-state index contributed by atoms with van der Waals surface area (Å²) in [4.78, 5) is 0. The first-order valence-electron chi connectivity index (χ1n) is 8.52. The predicted molar refractivity (Wildman–Crippen MR) is 102 cm³/mol. The summed E-state index contributed by atoms with van der Waals surface area (Å²) < 4.78 is 11.7. The minimum Gasteiger partial charge on any atom is -0.490 e. The van der Waals surface area contributed by atoms with Crippen LogP contribution in [0.3, 0.4) is 0 Å². The summed E-state index contributed by atoms with van der Waals surface area (Å²) in [6.45, 7) is 7.82. The third-order valence-corrected chi connectivity index (χ3v) is 4.05. The van der Waals surface area contributed by atoms with Crippen molar-refractivity contribution in [1.82, 2.24) is 5.32 Å². The van der Waals surface area contributed by atoms with E-state index in [2.05, 4.69) is 18.3 Å². The van der Waals surface area contributed by atoms with E-state index in [1.165, 1.54) is 5.56 Å². The average molecular weight is 364 g/mol. The van der Waals surface area contributed by atoms with E-state index < -0.39 is 6.10 Å². The molecule has 5 heteroatoms. The SMILES string of the molecule is CCOc1cc(CNCC(C)O)cc(Cl)c1OCc1ccccc1C. The first-order valence-corrected chi connectivity index (χ1v) is 8.90. The van der Waals surface area contributed by atoms with Gasteiger partial charge in [0.05, 0.1) is 17.7 Å². The van der Waals surface area contributed by atoms with Crippen LogP contribution in [-0.4, -0.2) is 24.4 Å². The number of hydrogen-bond acceptors (Lipinski definition) is 4. The molecule has 1 unspecified atom stereocenters. The van der Waals surface area contributed by atoms with Crippen molar-refractivity contribution in [3.8, 4) is 11.5 Å². The highest BCUT2D eigenvalue weighted by molar-refractivity contribution is 6.32. The third kappa shape index (κ3) is 5.92. The van der Waals surface area contributed by atoms with E-state index in [1.54, 1.807) is 6.92 Å². The Hall–Kier alpha value is -1.75. The normalized spacial score (nSPS) is 12.0. The molecule has 2 aromatic carbocycles. The summed E-state index contributed by atoms with van der Waals surface area (Å²) in [7, 11) is 0. The molecule has 0 bridgehead atoms. The van der Waals surface area contributed by atoms with Crippen LogP contribution in [0.25, 0.3) is 0 Å². The number of benzene rings is 2. The summed E-state index contributed by atoms with van der Waals surface area (Å²) in [6.07, 6.45) is -0.390. The van der Waals surface area contributed by atoms with E-state index in [0.717, 1.165) is 11.1 Å². The Bertz CT molecular complexity index is 689. The maximum atomic E-state index is 9.34. The molecule has 2 rings (SSSR count). The summed E-state index contributed by atoms with van der Waals surface area (Å²) in [5.74, 6) is 1.20. The minimum absolute atomic E-state index is 0.390. The van der Waals surface area contributed by atoms with Gasteiger partial charge in [-0.05, 0) is 49.6 Å². The lowest BCUT2D eigenvalue weighted by molar-refractivity contribution is 0.191. The van der Waals surface area contributed by atoms with Gasteiger partial charge in [-0.1, -0.05) is 35.9 Å². The van der Waals surface area contributed by atoms with Crippen LogP contribution in [0, 0.1) is 6.92 Å². The van der Waals surface area contributed by atoms with E-state index >= 15 is 0 Å². The maximum Gasteiger partial charge on any atom is 0.180 e. The standard InChI is InChI=1S/C20H26ClNO3/c1-4-24-19-10-16(12-22-11-15(3)23)9-18(21)20(19)25-13-17-8-6-5-7-14(17)2/h5-10,15,22-23H,4,11-13H2,1-3H3. The number of ether oxygens (including phenoxy) is 2. The molecule has 136 valence electrons. The lowest BCUT2D eigenvalue weighted by atomic mass is 10.1. The number of hydrogen-bond donors (Lipinski definition) is 2. The molecule has 0 amide bonds. The summed E-state index contributed by atoms with van der Waals surface area (Å²) >= 11 is 6.44. The van der Waals surface area contributed by atoms with Crippen molar-refractivity contribution in [2.24, 2.45) is 0 Å². The highest BCUT2D eigenvalue weighted by Crippen LogP contribution is 2.37. The van der Waals surface area contributed by atoms with Crippen molar-refractivity contribution in [2.75, 3.05) is 13.2 Å². The summed E-state index contributed by atoms with van der Waals surface area (Å²) in [5.41, 5.74) is 3.27. The second kappa shape index (κ2) is 9.66. The van der Waals surface area contributed by atoms with Crippen LogP contribution in [0.15, 0.2) is 36.4 Å². The highest BCUT2D eigenvalue weighted by Gasteiger charge is 2.13. The van der Waals surface area contributed by atoms with Gasteiger partial charge in [-0.2, -0.15) is 0 Å². The van der Waals surface area contributed by atoms with Crippen molar-refractivity contribution in [3.63, 3.8) is 0 Å². The summed E-state index contributed by atoms with van der Waals surface area (Å²) in [6, 6.07) is 11.9. The zero-order valence-electron chi connectivity index (χ0n) is 15.0. The highest BCUT2D eigenvalue weighted by atomic mass is 35.5. The van der Waals surface area contributed by atoms with Gasteiger partial charge < -0.3 is 19.9 Å². The number of rotatable bonds is 9. The number of aliphatic hydroxyl groups is 1. The van der Waals surface area contributed by atoms with E-state index in [-0.39, 0.29) is 0 Å². The fourth-order valence-corrected chi connectivity index (χ4v) is 2.76. The molecule has 0 saturated heterocycles. The van der Waals surface area contributed by atoms with Crippen molar-refractivity contribution in [1.29, 1.82) is 0 Å². The molecule has 0 saturated carbocycles. The number of aliphatic hydroxyl groups excluding tert-OH is 1. The smallest absolute Gasteiger partial charge is 0.180 e. The van der Waals surface area contributed by atoms with Crippen LogP contribution in [-0.2, 0) is 13.2 Å². The van der Waals surface area contributed by atoms with Crippen LogP contribution >= 0.6 is 11.6 Å². The molecule has 0 aromatic heterocycles. The van der Waals surface area contributed by atoms with Gasteiger partial charge in [-0.25, -0.2) is 0 Å². The molecule has 0 spiro atoms. The Labute approximate surface area is 154 Å². The molecule has 1 atom stereocenters. The van der Waals surface area contributed by atoms with E-state index in [4.69, 9.17) is 21.1 Å². The van der Waals surface area contributed by atoms with E-state index in [1.807, 2.05) is 37.3 Å². The molecule has 0 aliphatic carbocycles. The van der Waals surface area contributed by atoms with Gasteiger partial charge in [0.25, 0.3) is 0 Å². The minimum atomic E-state index is -0.390. The van der Waals surface area contributed by atoms with Gasteiger partial charge in [0.15, 0.2) is 11.5 Å². The Morgan fingerprint density at radius 2 is 1.96 bits per heavy atom. The lowest BCUT2D eigenvalue weighted by Gasteiger charge is -2.16. The van der Waals surface area contributed by atoms with Crippen LogP contribution in [0.2, 0.25) is 5.02 Å². The molecular formula is C20H26ClNO3. The van der Waals surface area contributed by atoms with Crippen molar-refractivity contribution in [2.45, 2.75) is 40.0 Å². The van der Waals surface area contributed by atoms with Crippen LogP contribution in [0.4, 0.5) is 0 Å². The monoisotopic (exact) mass is 363 g/mol. The fraction of sp³-hybridized carbons (Fsp3) is 0.400. The lowest BCUT2D eigenvalue weighted by Crippen LogP contribution is -2.23. The first-order chi connectivity index (χ1) is 12.0. The van der Waals surface area contributed by atoms with Crippen molar-refractivity contribution >= 4 is 11.6 Å². The van der Waals surface area contributed by atoms with Crippen LogP contribution in [0.1, 0.15) is 30.5 Å². The maximum absolute atomic E-state index is 9.34. The molecule has 2 N–H and O–H groups in total. The van der Waals surface area contributed by atoms with E-state index in [9.17, 15) is 5.11 Å². The second-order valence-electron chi connectivity index (χ2n) is 6.03. The second-order valence-corrected chi connectivity index (χ2v) is 6.44. The number of aryl methyl sites for hydroxylation is 1. The fourth-order valence-electron chi connectivity index (χ4n) is 2.47. The van der Waals surface area contributed by atoms with Gasteiger partial charge in [-0.3, -0.25) is 0 Å². The van der Waals surface area contributed by atoms with Gasteiger partial charge in [-0.15, -0.1) is 0 Å². The van der Waals surface area contributed by atoms with Crippen molar-refractivity contribution < 1.29 is 14.6 Å². The topological polar surface area (TPSA) is 50.7 Å². The first kappa shape index (κ1) is 19.6. The zero-order valence-corrected chi connectivity index (χ0v) is 15.8. The van der Waals surface area contributed by atoms with E-state index in [0.29, 0.717) is 42.8 Å². The Kier molecular flexibility index (Phi) is 7.56. The van der Waals surface area contributed by atoms with Gasteiger partial charge in [0.2, 0.25) is 0 Å². The Morgan fingerprint density at radius 1 is 1.20 bits per heavy atom. The van der Waals surface area contributed by atoms with Gasteiger partial charge >= 0.3 is 0 Å². The zero-order chi connectivity index (χ0) is 18.2. The Balaban J connectivity index is 2.14. The van der Waals surface area contributed by atoms with Crippen molar-refractivity contribution in [3.05, 3.63) is 58.1 Å². The predicted octanol–water partition coefficient (Wildman–Crippen LogP) is 4.10. The summed E-state index contributed by atoms with van der Waals surface area (Å²) in [5, 5.41) is 13.0. The average Bonchev–Trinajstić information content (AvgIpc) is 2.55. The molecule has 0 radical (unpaired) electrons. The molecule has 4 nitrogen and oxygen atoms in total. The van der Waals surface area contributed by atoms with Gasteiger partial charge in [0.1, 0.15) is 6.61 Å². The third-order valence-electron chi connectivity index (χ3n) is 3.77.